The van der Waals surface area contributed by atoms with E-state index >= 15 is 0 Å². The molecule has 2 aromatic heterocycles. The zero-order chi connectivity index (χ0) is 26.3. The average Bonchev–Trinajstić information content (AvgIpc) is 3.54. The summed E-state index contributed by atoms with van der Waals surface area (Å²) in [5.41, 5.74) is 0.601. The third kappa shape index (κ3) is 4.78. The molecule has 37 heavy (non-hydrogen) atoms. The van der Waals surface area contributed by atoms with E-state index in [1.807, 2.05) is 4.90 Å². The van der Waals surface area contributed by atoms with Crippen LogP contribution in [0.15, 0.2) is 18.2 Å². The van der Waals surface area contributed by atoms with Crippen LogP contribution in [0.5, 0.6) is 5.75 Å². The van der Waals surface area contributed by atoms with E-state index in [0.29, 0.717) is 57.0 Å². The van der Waals surface area contributed by atoms with Gasteiger partial charge in [-0.3, -0.25) is 4.57 Å². The number of anilines is 2. The maximum Gasteiger partial charge on any atom is 0.296 e. The first-order valence-electron chi connectivity index (χ1n) is 11.8. The molecule has 5 rings (SSSR count). The number of morpholine rings is 1. The molecule has 2 saturated heterocycles. The minimum Gasteiger partial charge on any atom is -0.494 e. The lowest BCUT2D eigenvalue weighted by Gasteiger charge is -2.32. The van der Waals surface area contributed by atoms with Crippen LogP contribution >= 0.6 is 0 Å². The number of nitrogens with zero attached hydrogens (tertiary/aromatic N) is 8. The molecule has 1 aromatic carbocycles. The first-order chi connectivity index (χ1) is 17.7. The summed E-state index contributed by atoms with van der Waals surface area (Å²) in [5, 5.41) is 0. The summed E-state index contributed by atoms with van der Waals surface area (Å²) < 4.78 is 66.6. The Morgan fingerprint density at radius 2 is 1.84 bits per heavy atom. The predicted molar refractivity (Wildman–Crippen MR) is 132 cm³/mol. The summed E-state index contributed by atoms with van der Waals surface area (Å²) in [4.78, 5) is 21.4. The Kier molecular flexibility index (Phi) is 6.85. The summed E-state index contributed by atoms with van der Waals surface area (Å²) in [5.74, 6) is 0.202. The van der Waals surface area contributed by atoms with E-state index in [9.17, 15) is 17.2 Å². The first kappa shape index (κ1) is 25.5. The van der Waals surface area contributed by atoms with Crippen LogP contribution in [-0.4, -0.2) is 96.7 Å². The smallest absolute Gasteiger partial charge is 0.296 e. The molecule has 0 N–H and O–H groups in total. The van der Waals surface area contributed by atoms with Gasteiger partial charge >= 0.3 is 0 Å². The number of alkyl halides is 2. The van der Waals surface area contributed by atoms with Gasteiger partial charge in [-0.15, -0.1) is 0 Å². The van der Waals surface area contributed by atoms with Gasteiger partial charge in [0, 0.05) is 26.7 Å². The average molecular weight is 539 g/mol. The molecule has 0 radical (unpaired) electrons. The number of imidazole rings is 1. The molecule has 200 valence electrons. The minimum absolute atomic E-state index is 0.0479. The number of aromatic nitrogens is 5. The van der Waals surface area contributed by atoms with Gasteiger partial charge in [-0.05, 0) is 25.0 Å². The fraction of sp³-hybridized carbons (Fsp3) is 0.545. The zero-order valence-electron chi connectivity index (χ0n) is 20.7. The molecule has 3 aromatic rings. The molecule has 1 unspecified atom stereocenters. The molecule has 12 nitrogen and oxygen atoms in total. The number of sulfonamides is 1. The molecule has 15 heteroatoms. The van der Waals surface area contributed by atoms with Crippen LogP contribution in [0.2, 0.25) is 0 Å². The number of methoxy groups -OCH3 is 1. The van der Waals surface area contributed by atoms with Crippen molar-refractivity contribution in [2.75, 3.05) is 63.1 Å². The number of hydrogen-bond donors (Lipinski definition) is 0. The second-order valence-electron chi connectivity index (χ2n) is 8.88. The maximum absolute atomic E-state index is 14.2. The quantitative estimate of drug-likeness (QED) is 0.441. The Bertz CT molecular complexity index is 1400. The molecule has 1 atom stereocenters. The van der Waals surface area contributed by atoms with Gasteiger partial charge in [0.25, 0.3) is 6.43 Å². The highest BCUT2D eigenvalue weighted by atomic mass is 32.2. The monoisotopic (exact) mass is 538 g/mol. The van der Waals surface area contributed by atoms with Crippen molar-refractivity contribution in [3.63, 3.8) is 0 Å². The van der Waals surface area contributed by atoms with Gasteiger partial charge in [0.1, 0.15) is 11.3 Å². The highest BCUT2D eigenvalue weighted by molar-refractivity contribution is 7.88. The van der Waals surface area contributed by atoms with Crippen molar-refractivity contribution in [1.82, 2.24) is 28.8 Å². The van der Waals surface area contributed by atoms with Crippen molar-refractivity contribution < 1.29 is 26.7 Å². The lowest BCUT2D eigenvalue weighted by molar-refractivity contribution is 0.122. The third-order valence-electron chi connectivity index (χ3n) is 6.54. The number of rotatable bonds is 7. The Labute approximate surface area is 212 Å². The Morgan fingerprint density at radius 3 is 2.51 bits per heavy atom. The molecular formula is C22H28F2N8O4S. The van der Waals surface area contributed by atoms with Crippen LogP contribution < -0.4 is 14.5 Å². The number of para-hydroxylation sites is 1. The first-order valence-corrected chi connectivity index (χ1v) is 13.7. The molecule has 0 saturated carbocycles. The van der Waals surface area contributed by atoms with Crippen molar-refractivity contribution in [2.45, 2.75) is 25.4 Å². The van der Waals surface area contributed by atoms with E-state index in [0.717, 1.165) is 6.26 Å². The Morgan fingerprint density at radius 1 is 1.11 bits per heavy atom. The molecule has 0 spiro atoms. The van der Waals surface area contributed by atoms with Crippen LogP contribution in [-0.2, 0) is 14.8 Å². The van der Waals surface area contributed by atoms with Crippen molar-refractivity contribution in [2.24, 2.45) is 0 Å². The topological polar surface area (TPSA) is 119 Å². The van der Waals surface area contributed by atoms with Gasteiger partial charge in [0.15, 0.2) is 5.82 Å². The van der Waals surface area contributed by atoms with E-state index in [1.54, 1.807) is 30.1 Å². The van der Waals surface area contributed by atoms with E-state index < -0.39 is 28.4 Å². The summed E-state index contributed by atoms with van der Waals surface area (Å²) in [6.07, 6.45) is -1.02. The van der Waals surface area contributed by atoms with Gasteiger partial charge in [0.05, 0.1) is 38.3 Å². The summed E-state index contributed by atoms with van der Waals surface area (Å²) in [6, 6.07) is 4.95. The number of halogens is 2. The van der Waals surface area contributed by atoms with Gasteiger partial charge in [-0.2, -0.15) is 19.3 Å². The van der Waals surface area contributed by atoms with Gasteiger partial charge < -0.3 is 19.3 Å². The van der Waals surface area contributed by atoms with Crippen LogP contribution in [0, 0.1) is 0 Å². The summed E-state index contributed by atoms with van der Waals surface area (Å²) in [7, 11) is -0.342. The maximum atomic E-state index is 14.2. The van der Waals surface area contributed by atoms with Crippen molar-refractivity contribution in [3.05, 3.63) is 24.0 Å². The summed E-state index contributed by atoms with van der Waals surface area (Å²) >= 11 is 0. The fourth-order valence-corrected chi connectivity index (χ4v) is 5.90. The molecule has 0 amide bonds. The Balaban J connectivity index is 1.69. The number of hydrogen-bond acceptors (Lipinski definition) is 10. The molecular weight excluding hydrogens is 510 g/mol. The number of benzene rings is 1. The van der Waals surface area contributed by atoms with Gasteiger partial charge in [-0.25, -0.2) is 22.2 Å². The standard InChI is InChI=1S/C22H28F2N8O4S/c1-29(16-8-5-9-31(16)37(3,33)34)20-26-21(30-10-12-36-13-11-30)28-22(27-20)32-14-6-4-7-15(35-2)17(14)25-19(32)18(23)24/h4,6-7,16,18H,5,8-13H2,1-3H3. The second kappa shape index (κ2) is 9.95. The van der Waals surface area contributed by atoms with Crippen molar-refractivity contribution in [3.8, 4) is 11.7 Å². The minimum atomic E-state index is -3.48. The van der Waals surface area contributed by atoms with Gasteiger partial charge in [-0.1, -0.05) is 6.07 Å². The van der Waals surface area contributed by atoms with E-state index in [2.05, 4.69) is 19.9 Å². The van der Waals surface area contributed by atoms with E-state index in [-0.39, 0.29) is 23.4 Å². The fourth-order valence-electron chi connectivity index (χ4n) is 4.75. The Hall–Kier alpha value is -3.17. The number of fused-ring (bicyclic) bond motifs is 1. The highest BCUT2D eigenvalue weighted by Crippen LogP contribution is 2.33. The molecule has 4 heterocycles. The van der Waals surface area contributed by atoms with Crippen molar-refractivity contribution in [1.29, 1.82) is 0 Å². The van der Waals surface area contributed by atoms with E-state index in [1.165, 1.54) is 16.0 Å². The normalized spacial score (nSPS) is 19.2. The lowest BCUT2D eigenvalue weighted by atomic mass is 10.3. The predicted octanol–water partition coefficient (Wildman–Crippen LogP) is 1.81. The molecule has 0 bridgehead atoms. The van der Waals surface area contributed by atoms with E-state index in [4.69, 9.17) is 9.47 Å². The SMILES string of the molecule is COc1cccc2c1nc(C(F)F)n2-c1nc(N2CCOCC2)nc(N(C)C2CCCN2S(C)(=O)=O)n1. The molecule has 2 aliphatic rings. The number of ether oxygens (including phenoxy) is 2. The summed E-state index contributed by atoms with van der Waals surface area (Å²) in [6.45, 7) is 2.31. The largest absolute Gasteiger partial charge is 0.494 e. The third-order valence-corrected chi connectivity index (χ3v) is 7.82. The highest BCUT2D eigenvalue weighted by Gasteiger charge is 2.36. The van der Waals surface area contributed by atoms with Crippen molar-refractivity contribution >= 4 is 33.0 Å². The van der Waals surface area contributed by atoms with Crippen LogP contribution in [0.4, 0.5) is 20.7 Å². The molecule has 2 aliphatic heterocycles. The lowest BCUT2D eigenvalue weighted by Crippen LogP contribution is -2.46. The van der Waals surface area contributed by atoms with Crippen LogP contribution in [0.25, 0.3) is 17.0 Å². The van der Waals surface area contributed by atoms with Gasteiger partial charge in [0.2, 0.25) is 27.9 Å². The molecule has 0 aliphatic carbocycles. The second-order valence-corrected chi connectivity index (χ2v) is 10.8. The molecule has 2 fully saturated rings. The van der Waals surface area contributed by atoms with Crippen LogP contribution in [0.1, 0.15) is 25.1 Å². The zero-order valence-corrected chi connectivity index (χ0v) is 21.5. The van der Waals surface area contributed by atoms with Crippen LogP contribution in [0.3, 0.4) is 0 Å².